The second-order valence-electron chi connectivity index (χ2n) is 13.8. The van der Waals surface area contributed by atoms with Gasteiger partial charge in [-0.3, -0.25) is 24.0 Å². The van der Waals surface area contributed by atoms with Crippen molar-refractivity contribution in [1.29, 1.82) is 0 Å². The van der Waals surface area contributed by atoms with E-state index in [0.717, 1.165) is 24.3 Å². The van der Waals surface area contributed by atoms with E-state index in [4.69, 9.17) is 24.4 Å². The van der Waals surface area contributed by atoms with Crippen LogP contribution in [-0.4, -0.2) is 90.7 Å². The van der Waals surface area contributed by atoms with Gasteiger partial charge in [-0.05, 0) is 74.9 Å². The molecule has 1 unspecified atom stereocenters. The zero-order valence-corrected chi connectivity index (χ0v) is 30.9. The van der Waals surface area contributed by atoms with Gasteiger partial charge in [0.05, 0.1) is 37.0 Å². The number of ether oxygens (including phenoxy) is 3. The highest BCUT2D eigenvalue weighted by Gasteiger charge is 2.40. The number of carboxylic acids is 3. The van der Waals surface area contributed by atoms with Gasteiger partial charge in [-0.2, -0.15) is 0 Å². The number of benzene rings is 3. The number of aliphatic carboxylic acids is 3. The topological polar surface area (TPSA) is 183 Å². The molecule has 0 saturated heterocycles. The lowest BCUT2D eigenvalue weighted by atomic mass is 10.1. The number of hydrogen-bond acceptors (Lipinski definition) is 11. The Balaban J connectivity index is 1.09. The van der Waals surface area contributed by atoms with Crippen molar-refractivity contribution in [3.05, 3.63) is 83.3 Å². The summed E-state index contributed by atoms with van der Waals surface area (Å²) in [6.07, 6.45) is 1.68. The van der Waals surface area contributed by atoms with E-state index >= 15 is 0 Å². The largest absolute Gasteiger partial charge is 0.493 e. The third-order valence-electron chi connectivity index (χ3n) is 10.2. The van der Waals surface area contributed by atoms with Crippen molar-refractivity contribution in [2.75, 3.05) is 60.6 Å². The summed E-state index contributed by atoms with van der Waals surface area (Å²) in [7, 11) is 0. The van der Waals surface area contributed by atoms with Crippen LogP contribution in [0.5, 0.6) is 17.2 Å². The highest BCUT2D eigenvalue weighted by molar-refractivity contribution is 6.21. The molecule has 3 aromatic rings. The first-order valence-corrected chi connectivity index (χ1v) is 18.6. The van der Waals surface area contributed by atoms with Crippen molar-refractivity contribution in [3.63, 3.8) is 0 Å². The number of carbonyl (C=O) groups is 5. The first-order valence-electron chi connectivity index (χ1n) is 18.6. The van der Waals surface area contributed by atoms with E-state index in [9.17, 15) is 29.1 Å². The number of ketones is 2. The lowest BCUT2D eigenvalue weighted by molar-refractivity contribution is -0.137. The lowest BCUT2D eigenvalue weighted by Crippen LogP contribution is -2.27. The van der Waals surface area contributed by atoms with Crippen LogP contribution in [0.2, 0.25) is 0 Å². The molecule has 0 spiro atoms. The summed E-state index contributed by atoms with van der Waals surface area (Å²) < 4.78 is 18.0. The molecule has 14 heteroatoms. The Bertz CT molecular complexity index is 2010. The van der Waals surface area contributed by atoms with Crippen LogP contribution in [0.4, 0.5) is 17.1 Å². The Morgan fingerprint density at radius 2 is 1.15 bits per heavy atom. The fourth-order valence-corrected chi connectivity index (χ4v) is 6.98. The summed E-state index contributed by atoms with van der Waals surface area (Å²) in [6, 6.07) is 17.7. The number of Topliss-reactive ketones (excluding diaryl/α,β-unsaturated/α-hetero) is 2. The first kappa shape index (κ1) is 38.7. The van der Waals surface area contributed by atoms with Gasteiger partial charge >= 0.3 is 17.9 Å². The molecule has 1 aliphatic carbocycles. The van der Waals surface area contributed by atoms with E-state index in [1.807, 2.05) is 52.8 Å². The molecule has 2 aliphatic heterocycles. The van der Waals surface area contributed by atoms with Crippen molar-refractivity contribution in [2.45, 2.75) is 46.0 Å². The fourth-order valence-electron chi connectivity index (χ4n) is 6.98. The summed E-state index contributed by atoms with van der Waals surface area (Å²) in [4.78, 5) is 66.4. The van der Waals surface area contributed by atoms with Crippen LogP contribution in [0.15, 0.2) is 72.2 Å². The third-order valence-corrected chi connectivity index (χ3v) is 10.2. The van der Waals surface area contributed by atoms with Crippen molar-refractivity contribution >= 4 is 46.5 Å². The van der Waals surface area contributed by atoms with E-state index in [0.29, 0.717) is 56.0 Å². The molecule has 3 aliphatic rings. The molecule has 3 N–H and O–H groups in total. The van der Waals surface area contributed by atoms with Crippen molar-refractivity contribution < 1.29 is 53.5 Å². The monoisotopic (exact) mass is 755 g/mol. The van der Waals surface area contributed by atoms with Gasteiger partial charge in [0.2, 0.25) is 23.1 Å². The van der Waals surface area contributed by atoms with E-state index < -0.39 is 29.5 Å². The smallest absolute Gasteiger partial charge is 0.305 e. The van der Waals surface area contributed by atoms with E-state index in [-0.39, 0.29) is 66.5 Å². The maximum atomic E-state index is 13.5. The number of carbonyl (C=O) groups excluding carboxylic acids is 2. The SMILES string of the molecule is CCN(CCC(=O)O)c1cccc(OC[C@@H]2CC2CCN(CCC(=O)O)c2ccc3c(c2)O/C(=C2/Oc4cc(N(CC)CCC(=O)O)ccc4C2=O)C3=O)c1. The standard InChI is InChI=1S/C41H45N3O11/c1-3-42(17-13-35(45)46)27-6-5-7-30(21-27)53-24-26-20-25(26)12-16-44(19-15-37(49)50)29-9-11-32-34(23-29)55-41(39(32)52)40-38(51)31-10-8-28(22-33(31)54-40)43(4-2)18-14-36(47)48/h5-11,21-23,25-26H,3-4,12-20,24H2,1-2H3,(H,45,46)(H,47,48)(H,49,50)/b41-40+/t25?,26-/m0/s1. The van der Waals surface area contributed by atoms with Crippen LogP contribution in [0, 0.1) is 11.8 Å². The minimum absolute atomic E-state index is 0.0485. The van der Waals surface area contributed by atoms with Crippen molar-refractivity contribution in [1.82, 2.24) is 0 Å². The average molecular weight is 756 g/mol. The Hall–Kier alpha value is -6.05. The van der Waals surface area contributed by atoms with Crippen LogP contribution in [0.1, 0.15) is 66.7 Å². The lowest BCUT2D eigenvalue weighted by Gasteiger charge is -2.25. The van der Waals surface area contributed by atoms with Crippen LogP contribution >= 0.6 is 0 Å². The molecule has 290 valence electrons. The number of hydrogen-bond donors (Lipinski definition) is 3. The number of nitrogens with zero attached hydrogens (tertiary/aromatic N) is 3. The summed E-state index contributed by atoms with van der Waals surface area (Å²) in [5, 5.41) is 27.7. The van der Waals surface area contributed by atoms with Gasteiger partial charge in [-0.15, -0.1) is 0 Å². The predicted octanol–water partition coefficient (Wildman–Crippen LogP) is 5.74. The number of fused-ring (bicyclic) bond motifs is 2. The molecule has 14 nitrogen and oxygen atoms in total. The Morgan fingerprint density at radius 3 is 1.65 bits per heavy atom. The molecule has 2 atom stereocenters. The molecule has 0 radical (unpaired) electrons. The fraction of sp³-hybridized carbons (Fsp3) is 0.390. The van der Waals surface area contributed by atoms with Gasteiger partial charge in [-0.1, -0.05) is 6.07 Å². The number of anilines is 3. The van der Waals surface area contributed by atoms with Gasteiger partial charge in [-0.25, -0.2) is 0 Å². The van der Waals surface area contributed by atoms with Crippen LogP contribution in [-0.2, 0) is 14.4 Å². The number of allylic oxidation sites excluding steroid dienone is 2. The molecule has 1 fully saturated rings. The predicted molar refractivity (Wildman–Crippen MR) is 203 cm³/mol. The molecule has 0 amide bonds. The Kier molecular flexibility index (Phi) is 11.9. The minimum atomic E-state index is -0.933. The van der Waals surface area contributed by atoms with Crippen LogP contribution < -0.4 is 28.9 Å². The van der Waals surface area contributed by atoms with Crippen LogP contribution in [0.3, 0.4) is 0 Å². The second-order valence-corrected chi connectivity index (χ2v) is 13.8. The number of carboxylic acid groups (broad SMARTS) is 3. The van der Waals surface area contributed by atoms with Gasteiger partial charge in [0, 0.05) is 74.5 Å². The molecule has 2 heterocycles. The summed E-state index contributed by atoms with van der Waals surface area (Å²) in [5.74, 6) is -2.20. The van der Waals surface area contributed by atoms with Crippen LogP contribution in [0.25, 0.3) is 0 Å². The zero-order chi connectivity index (χ0) is 39.2. The summed E-state index contributed by atoms with van der Waals surface area (Å²) in [6.45, 7) is 7.12. The highest BCUT2D eigenvalue weighted by atomic mass is 16.5. The molecule has 0 aromatic heterocycles. The van der Waals surface area contributed by atoms with Gasteiger partial charge < -0.3 is 44.2 Å². The molecule has 0 bridgehead atoms. The molecular weight excluding hydrogens is 710 g/mol. The second kappa shape index (κ2) is 17.0. The average Bonchev–Trinajstić information content (AvgIpc) is 3.73. The van der Waals surface area contributed by atoms with Crippen molar-refractivity contribution in [3.8, 4) is 17.2 Å². The zero-order valence-electron chi connectivity index (χ0n) is 30.9. The summed E-state index contributed by atoms with van der Waals surface area (Å²) >= 11 is 0. The molecule has 6 rings (SSSR count). The first-order chi connectivity index (χ1) is 26.4. The number of rotatable bonds is 20. The van der Waals surface area contributed by atoms with E-state index in [2.05, 4.69) is 0 Å². The van der Waals surface area contributed by atoms with E-state index in [1.54, 1.807) is 36.4 Å². The third kappa shape index (κ3) is 9.19. The normalized spacial score (nSPS) is 17.9. The molecule has 1 saturated carbocycles. The van der Waals surface area contributed by atoms with Crippen molar-refractivity contribution in [2.24, 2.45) is 11.8 Å². The molecule has 55 heavy (non-hydrogen) atoms. The molecule has 3 aromatic carbocycles. The summed E-state index contributed by atoms with van der Waals surface area (Å²) in [5.41, 5.74) is 2.79. The van der Waals surface area contributed by atoms with Gasteiger partial charge in [0.25, 0.3) is 0 Å². The maximum absolute atomic E-state index is 13.5. The Labute approximate surface area is 318 Å². The minimum Gasteiger partial charge on any atom is -0.493 e. The Morgan fingerprint density at radius 1 is 0.655 bits per heavy atom. The van der Waals surface area contributed by atoms with Gasteiger partial charge in [0.1, 0.15) is 17.2 Å². The van der Waals surface area contributed by atoms with Gasteiger partial charge in [0.15, 0.2) is 0 Å². The maximum Gasteiger partial charge on any atom is 0.305 e. The quantitative estimate of drug-likeness (QED) is 0.119. The highest BCUT2D eigenvalue weighted by Crippen LogP contribution is 2.43. The van der Waals surface area contributed by atoms with E-state index in [1.165, 1.54) is 0 Å². The molecular formula is C41H45N3O11.